The number of nitrogens with one attached hydrogen (secondary N) is 1. The Labute approximate surface area is 130 Å². The molecule has 1 N–H and O–H groups in total. The second-order valence-electron chi connectivity index (χ2n) is 5.27. The van der Waals surface area contributed by atoms with Gasteiger partial charge in [-0.1, -0.05) is 54.6 Å². The normalized spacial score (nSPS) is 10.4. The Bertz CT molecular complexity index is 778. The zero-order chi connectivity index (χ0) is 15.4. The van der Waals surface area contributed by atoms with E-state index in [1.807, 2.05) is 84.7 Å². The minimum absolute atomic E-state index is 0.0253. The molecule has 0 aromatic heterocycles. The molecule has 0 heterocycles. The Morgan fingerprint density at radius 2 is 1.59 bits per heavy atom. The van der Waals surface area contributed by atoms with Crippen molar-refractivity contribution in [2.75, 3.05) is 23.8 Å². The molecule has 0 unspecified atom stereocenters. The molecule has 110 valence electrons. The second kappa shape index (κ2) is 6.31. The van der Waals surface area contributed by atoms with Crippen LogP contribution in [0.2, 0.25) is 0 Å². The zero-order valence-electron chi connectivity index (χ0n) is 12.5. The molecule has 3 rings (SSSR count). The fraction of sp³-hybridized carbons (Fsp3) is 0.105. The smallest absolute Gasteiger partial charge is 0.243 e. The number of para-hydroxylation sites is 1. The molecule has 0 aliphatic carbocycles. The number of rotatable bonds is 4. The largest absolute Gasteiger partial charge is 0.365 e. The maximum atomic E-state index is 12.3. The molecule has 0 saturated heterocycles. The van der Waals surface area contributed by atoms with Crippen LogP contribution in [0.3, 0.4) is 0 Å². The van der Waals surface area contributed by atoms with Gasteiger partial charge in [-0.05, 0) is 23.6 Å². The first-order valence-corrected chi connectivity index (χ1v) is 7.28. The zero-order valence-corrected chi connectivity index (χ0v) is 12.5. The average Bonchev–Trinajstić information content (AvgIpc) is 2.56. The summed E-state index contributed by atoms with van der Waals surface area (Å²) in [5, 5.41) is 5.18. The monoisotopic (exact) mass is 290 g/mol. The molecule has 0 spiro atoms. The first kappa shape index (κ1) is 14.1. The van der Waals surface area contributed by atoms with Gasteiger partial charge in [-0.3, -0.25) is 4.79 Å². The number of carbonyl (C=O) groups excluding carboxylic acids is 1. The number of carbonyl (C=O) groups is 1. The summed E-state index contributed by atoms with van der Waals surface area (Å²) in [5.41, 5.74) is 1.88. The summed E-state index contributed by atoms with van der Waals surface area (Å²) in [4.78, 5) is 14.2. The first-order valence-electron chi connectivity index (χ1n) is 7.28. The van der Waals surface area contributed by atoms with Crippen molar-refractivity contribution in [2.24, 2.45) is 0 Å². The number of anilines is 2. The second-order valence-corrected chi connectivity index (χ2v) is 5.27. The van der Waals surface area contributed by atoms with Crippen LogP contribution in [0.25, 0.3) is 10.8 Å². The summed E-state index contributed by atoms with van der Waals surface area (Å²) in [5.74, 6) is -0.0253. The van der Waals surface area contributed by atoms with Gasteiger partial charge in [-0.2, -0.15) is 0 Å². The minimum atomic E-state index is -0.0253. The quantitative estimate of drug-likeness (QED) is 0.790. The third-order valence-corrected chi connectivity index (χ3v) is 3.64. The van der Waals surface area contributed by atoms with Crippen LogP contribution in [0, 0.1) is 0 Å². The molecule has 22 heavy (non-hydrogen) atoms. The summed E-state index contributed by atoms with van der Waals surface area (Å²) in [6, 6.07) is 23.9. The molecule has 3 nitrogen and oxygen atoms in total. The van der Waals surface area contributed by atoms with E-state index in [2.05, 4.69) is 5.32 Å². The molecule has 0 radical (unpaired) electrons. The van der Waals surface area contributed by atoms with Crippen molar-refractivity contribution in [2.45, 2.75) is 0 Å². The number of amides is 1. The molecule has 0 aliphatic heterocycles. The van der Waals surface area contributed by atoms with Crippen LogP contribution in [0.1, 0.15) is 0 Å². The van der Waals surface area contributed by atoms with Crippen molar-refractivity contribution >= 4 is 28.1 Å². The van der Waals surface area contributed by atoms with Crippen LogP contribution in [0.4, 0.5) is 11.4 Å². The predicted molar refractivity (Wildman–Crippen MR) is 92.3 cm³/mol. The van der Waals surface area contributed by atoms with Crippen LogP contribution < -0.4 is 10.2 Å². The Kier molecular flexibility index (Phi) is 4.05. The van der Waals surface area contributed by atoms with Crippen molar-refractivity contribution in [3.05, 3.63) is 72.8 Å². The number of hydrogen-bond donors (Lipinski definition) is 1. The van der Waals surface area contributed by atoms with Gasteiger partial charge in [-0.15, -0.1) is 0 Å². The maximum Gasteiger partial charge on any atom is 0.243 e. The number of fused-ring (bicyclic) bond motifs is 1. The molecule has 0 atom stereocenters. The molecule has 1 amide bonds. The van der Waals surface area contributed by atoms with E-state index in [0.29, 0.717) is 6.54 Å². The van der Waals surface area contributed by atoms with E-state index in [4.69, 9.17) is 0 Å². The fourth-order valence-electron chi connectivity index (χ4n) is 2.51. The fourth-order valence-corrected chi connectivity index (χ4v) is 2.51. The van der Waals surface area contributed by atoms with Gasteiger partial charge in [0.15, 0.2) is 0 Å². The van der Waals surface area contributed by atoms with Crippen molar-refractivity contribution in [3.63, 3.8) is 0 Å². The summed E-state index contributed by atoms with van der Waals surface area (Å²) in [6.07, 6.45) is 0. The molecule has 0 aliphatic rings. The van der Waals surface area contributed by atoms with Crippen molar-refractivity contribution < 1.29 is 4.79 Å². The lowest BCUT2D eigenvalue weighted by atomic mass is 10.1. The van der Waals surface area contributed by atoms with Gasteiger partial charge in [0.1, 0.15) is 0 Å². The first-order chi connectivity index (χ1) is 10.7. The number of nitrogens with zero attached hydrogens (tertiary/aromatic N) is 1. The molecule has 3 aromatic carbocycles. The average molecular weight is 290 g/mol. The van der Waals surface area contributed by atoms with Gasteiger partial charge < -0.3 is 10.2 Å². The lowest BCUT2D eigenvalue weighted by molar-refractivity contribution is -0.114. The third kappa shape index (κ3) is 3.09. The number of hydrogen-bond acceptors (Lipinski definition) is 2. The highest BCUT2D eigenvalue weighted by Crippen LogP contribution is 2.23. The van der Waals surface area contributed by atoms with E-state index >= 15 is 0 Å². The Balaban J connectivity index is 1.74. The Morgan fingerprint density at radius 3 is 2.41 bits per heavy atom. The molecular weight excluding hydrogens is 272 g/mol. The van der Waals surface area contributed by atoms with Gasteiger partial charge in [0.25, 0.3) is 0 Å². The summed E-state index contributed by atoms with van der Waals surface area (Å²) in [6.45, 7) is 0.313. The minimum Gasteiger partial charge on any atom is -0.365 e. The van der Waals surface area contributed by atoms with Crippen LogP contribution in [0.5, 0.6) is 0 Å². The molecule has 3 heteroatoms. The van der Waals surface area contributed by atoms with E-state index in [9.17, 15) is 4.79 Å². The lowest BCUT2D eigenvalue weighted by Gasteiger charge is -2.19. The summed E-state index contributed by atoms with van der Waals surface area (Å²) < 4.78 is 0. The van der Waals surface area contributed by atoms with Crippen LogP contribution in [-0.4, -0.2) is 19.5 Å². The Hall–Kier alpha value is -2.81. The molecule has 0 fully saturated rings. The van der Waals surface area contributed by atoms with E-state index < -0.39 is 0 Å². The number of likely N-dealkylation sites (N-methyl/N-ethyl adjacent to an activating group) is 1. The standard InChI is InChI=1S/C19H18N2O/c1-21(16-10-3-2-4-11-16)14-19(22)20-18-13-7-9-15-8-5-6-12-17(15)18/h2-13H,14H2,1H3,(H,20,22). The van der Waals surface area contributed by atoms with Gasteiger partial charge in [0.05, 0.1) is 6.54 Å². The highest BCUT2D eigenvalue weighted by Gasteiger charge is 2.09. The Morgan fingerprint density at radius 1 is 0.909 bits per heavy atom. The topological polar surface area (TPSA) is 32.3 Å². The van der Waals surface area contributed by atoms with Crippen LogP contribution in [0.15, 0.2) is 72.8 Å². The lowest BCUT2D eigenvalue weighted by Crippen LogP contribution is -2.30. The highest BCUT2D eigenvalue weighted by molar-refractivity contribution is 6.03. The van der Waals surface area contributed by atoms with E-state index in [0.717, 1.165) is 22.1 Å². The van der Waals surface area contributed by atoms with E-state index in [1.165, 1.54) is 0 Å². The predicted octanol–water partition coefficient (Wildman–Crippen LogP) is 3.91. The summed E-state index contributed by atoms with van der Waals surface area (Å²) in [7, 11) is 1.91. The van der Waals surface area contributed by atoms with Crippen LogP contribution >= 0.6 is 0 Å². The van der Waals surface area contributed by atoms with Gasteiger partial charge in [-0.25, -0.2) is 0 Å². The van der Waals surface area contributed by atoms with Crippen molar-refractivity contribution in [1.82, 2.24) is 0 Å². The van der Waals surface area contributed by atoms with E-state index in [-0.39, 0.29) is 5.91 Å². The van der Waals surface area contributed by atoms with Gasteiger partial charge in [0.2, 0.25) is 5.91 Å². The maximum absolute atomic E-state index is 12.3. The van der Waals surface area contributed by atoms with Crippen molar-refractivity contribution in [1.29, 1.82) is 0 Å². The van der Waals surface area contributed by atoms with E-state index in [1.54, 1.807) is 0 Å². The van der Waals surface area contributed by atoms with Gasteiger partial charge >= 0.3 is 0 Å². The van der Waals surface area contributed by atoms with Crippen LogP contribution in [-0.2, 0) is 4.79 Å². The molecule has 0 bridgehead atoms. The van der Waals surface area contributed by atoms with Crippen molar-refractivity contribution in [3.8, 4) is 0 Å². The summed E-state index contributed by atoms with van der Waals surface area (Å²) >= 11 is 0. The third-order valence-electron chi connectivity index (χ3n) is 3.64. The molecular formula is C19H18N2O. The highest BCUT2D eigenvalue weighted by atomic mass is 16.2. The number of benzene rings is 3. The van der Waals surface area contributed by atoms with Gasteiger partial charge in [0, 0.05) is 23.8 Å². The molecule has 3 aromatic rings. The molecule has 0 saturated carbocycles. The SMILES string of the molecule is CN(CC(=O)Nc1cccc2ccccc12)c1ccccc1.